The lowest BCUT2D eigenvalue weighted by molar-refractivity contribution is -0.133. The van der Waals surface area contributed by atoms with Crippen molar-refractivity contribution < 1.29 is 19.5 Å². The highest BCUT2D eigenvalue weighted by molar-refractivity contribution is 5.88. The van der Waals surface area contributed by atoms with Crippen molar-refractivity contribution in [3.05, 3.63) is 34.9 Å². The highest BCUT2D eigenvalue weighted by atomic mass is 16.4. The van der Waals surface area contributed by atoms with Crippen LogP contribution in [0.1, 0.15) is 60.0 Å². The summed E-state index contributed by atoms with van der Waals surface area (Å²) in [5, 5.41) is 11.9. The zero-order chi connectivity index (χ0) is 18.5. The topological polar surface area (TPSA) is 86.7 Å². The molecule has 0 spiro atoms. The number of benzene rings is 1. The van der Waals surface area contributed by atoms with Crippen molar-refractivity contribution in [2.24, 2.45) is 5.92 Å². The standard InChI is InChI=1S/C20H26N2O4/c23-18(10-14-4-2-1-3-5-14)21-12-19(24)22-9-8-15-6-7-16(20(25)26)11-17(15)13-22/h6-7,11,14H,1-5,8-10,12-13H2,(H,21,23)(H,25,26). The largest absolute Gasteiger partial charge is 0.478 e. The van der Waals surface area contributed by atoms with Crippen molar-refractivity contribution in [1.29, 1.82) is 0 Å². The zero-order valence-corrected chi connectivity index (χ0v) is 15.0. The van der Waals surface area contributed by atoms with Crippen molar-refractivity contribution in [3.63, 3.8) is 0 Å². The summed E-state index contributed by atoms with van der Waals surface area (Å²) in [6.45, 7) is 1.00. The molecule has 1 aliphatic carbocycles. The van der Waals surface area contributed by atoms with E-state index < -0.39 is 5.97 Å². The van der Waals surface area contributed by atoms with E-state index in [0.717, 1.165) is 24.0 Å². The fraction of sp³-hybridized carbons (Fsp3) is 0.550. The second-order valence-electron chi connectivity index (χ2n) is 7.34. The summed E-state index contributed by atoms with van der Waals surface area (Å²) in [7, 11) is 0. The van der Waals surface area contributed by atoms with Crippen molar-refractivity contribution in [2.45, 2.75) is 51.5 Å². The molecule has 0 radical (unpaired) electrons. The highest BCUT2D eigenvalue weighted by Gasteiger charge is 2.23. The maximum Gasteiger partial charge on any atom is 0.335 e. The van der Waals surface area contributed by atoms with Gasteiger partial charge in [-0.1, -0.05) is 25.3 Å². The van der Waals surface area contributed by atoms with Crippen molar-refractivity contribution >= 4 is 17.8 Å². The molecule has 6 heteroatoms. The third-order valence-corrected chi connectivity index (χ3v) is 5.45. The molecule has 0 atom stereocenters. The van der Waals surface area contributed by atoms with Crippen molar-refractivity contribution in [3.8, 4) is 0 Å². The molecular weight excluding hydrogens is 332 g/mol. The van der Waals surface area contributed by atoms with Crippen LogP contribution in [0.25, 0.3) is 0 Å². The SMILES string of the molecule is O=C(CC1CCCCC1)NCC(=O)N1CCc2ccc(C(=O)O)cc2C1. The van der Waals surface area contributed by atoms with Crippen LogP contribution in [-0.4, -0.2) is 40.9 Å². The van der Waals surface area contributed by atoms with E-state index in [2.05, 4.69) is 5.32 Å². The summed E-state index contributed by atoms with van der Waals surface area (Å²) >= 11 is 0. The van der Waals surface area contributed by atoms with E-state index in [1.807, 2.05) is 6.07 Å². The van der Waals surface area contributed by atoms with Gasteiger partial charge >= 0.3 is 5.97 Å². The molecule has 2 aliphatic rings. The quantitative estimate of drug-likeness (QED) is 0.846. The number of carboxylic acid groups (broad SMARTS) is 1. The number of aromatic carboxylic acids is 1. The first-order valence-corrected chi connectivity index (χ1v) is 9.42. The van der Waals surface area contributed by atoms with E-state index >= 15 is 0 Å². The van der Waals surface area contributed by atoms with E-state index in [4.69, 9.17) is 5.11 Å². The van der Waals surface area contributed by atoms with E-state index in [0.29, 0.717) is 31.8 Å². The molecule has 1 heterocycles. The van der Waals surface area contributed by atoms with Crippen LogP contribution >= 0.6 is 0 Å². The fourth-order valence-corrected chi connectivity index (χ4v) is 3.91. The molecule has 1 aliphatic heterocycles. The maximum absolute atomic E-state index is 12.4. The Bertz CT molecular complexity index is 695. The molecule has 140 valence electrons. The van der Waals surface area contributed by atoms with Gasteiger partial charge < -0.3 is 15.3 Å². The van der Waals surface area contributed by atoms with Crippen LogP contribution in [0.4, 0.5) is 0 Å². The molecule has 6 nitrogen and oxygen atoms in total. The normalized spacial score (nSPS) is 17.5. The first-order valence-electron chi connectivity index (χ1n) is 9.42. The molecule has 0 aromatic heterocycles. The van der Waals surface area contributed by atoms with Gasteiger partial charge in [0, 0.05) is 19.5 Å². The van der Waals surface area contributed by atoms with Crippen molar-refractivity contribution in [1.82, 2.24) is 10.2 Å². The highest BCUT2D eigenvalue weighted by Crippen LogP contribution is 2.26. The third-order valence-electron chi connectivity index (χ3n) is 5.45. The van der Waals surface area contributed by atoms with Gasteiger partial charge in [0.25, 0.3) is 0 Å². The summed E-state index contributed by atoms with van der Waals surface area (Å²) in [6, 6.07) is 5.06. The van der Waals surface area contributed by atoms with E-state index in [9.17, 15) is 14.4 Å². The predicted molar refractivity (Wildman–Crippen MR) is 96.7 cm³/mol. The van der Waals surface area contributed by atoms with Gasteiger partial charge in [-0.2, -0.15) is 0 Å². The Balaban J connectivity index is 1.50. The molecule has 3 rings (SSSR count). The van der Waals surface area contributed by atoms with Gasteiger partial charge in [-0.3, -0.25) is 9.59 Å². The summed E-state index contributed by atoms with van der Waals surface area (Å²) in [5.41, 5.74) is 2.19. The number of nitrogens with zero attached hydrogens (tertiary/aromatic N) is 1. The van der Waals surface area contributed by atoms with Gasteiger partial charge in [-0.25, -0.2) is 4.79 Å². The number of nitrogens with one attached hydrogen (secondary N) is 1. The fourth-order valence-electron chi connectivity index (χ4n) is 3.91. The average molecular weight is 358 g/mol. The van der Waals surface area contributed by atoms with Crippen LogP contribution in [0, 0.1) is 5.92 Å². The Morgan fingerprint density at radius 1 is 1.12 bits per heavy atom. The Morgan fingerprint density at radius 2 is 1.88 bits per heavy atom. The molecule has 0 saturated heterocycles. The van der Waals surface area contributed by atoms with Gasteiger partial charge in [0.2, 0.25) is 11.8 Å². The van der Waals surface area contributed by atoms with Crippen molar-refractivity contribution in [2.75, 3.05) is 13.1 Å². The van der Waals surface area contributed by atoms with Crippen LogP contribution in [0.5, 0.6) is 0 Å². The summed E-state index contributed by atoms with van der Waals surface area (Å²) in [5.74, 6) is -0.675. The van der Waals surface area contributed by atoms with Crippen LogP contribution in [0.15, 0.2) is 18.2 Å². The molecule has 1 saturated carbocycles. The van der Waals surface area contributed by atoms with Crippen LogP contribution in [-0.2, 0) is 22.6 Å². The molecule has 1 aromatic rings. The van der Waals surface area contributed by atoms with Gasteiger partial charge in [-0.15, -0.1) is 0 Å². The molecule has 0 unspecified atom stereocenters. The Hall–Kier alpha value is -2.37. The molecular formula is C20H26N2O4. The summed E-state index contributed by atoms with van der Waals surface area (Å²) in [6.07, 6.45) is 7.09. The van der Waals surface area contributed by atoms with Crippen LogP contribution < -0.4 is 5.32 Å². The molecule has 2 amide bonds. The Labute approximate surface area is 153 Å². The van der Waals surface area contributed by atoms with Crippen LogP contribution in [0.3, 0.4) is 0 Å². The van der Waals surface area contributed by atoms with Gasteiger partial charge in [0.1, 0.15) is 0 Å². The molecule has 1 aromatic carbocycles. The third kappa shape index (κ3) is 4.62. The second-order valence-corrected chi connectivity index (χ2v) is 7.34. The summed E-state index contributed by atoms with van der Waals surface area (Å²) in [4.78, 5) is 37.3. The lowest BCUT2D eigenvalue weighted by Crippen LogP contribution is -2.42. The van der Waals surface area contributed by atoms with Gasteiger partial charge in [0.15, 0.2) is 0 Å². The predicted octanol–water partition coefficient (Wildman–Crippen LogP) is 2.36. The lowest BCUT2D eigenvalue weighted by Gasteiger charge is -2.29. The minimum atomic E-state index is -0.966. The number of amides is 2. The number of fused-ring (bicyclic) bond motifs is 1. The van der Waals surface area contributed by atoms with E-state index in [1.54, 1.807) is 17.0 Å². The minimum absolute atomic E-state index is 0.0134. The number of rotatable bonds is 5. The number of carboxylic acids is 1. The number of hydrogen-bond donors (Lipinski definition) is 2. The minimum Gasteiger partial charge on any atom is -0.478 e. The monoisotopic (exact) mass is 358 g/mol. The number of hydrogen-bond acceptors (Lipinski definition) is 3. The number of carbonyl (C=O) groups excluding carboxylic acids is 2. The van der Waals surface area contributed by atoms with E-state index in [1.165, 1.54) is 19.3 Å². The molecule has 26 heavy (non-hydrogen) atoms. The Morgan fingerprint density at radius 3 is 2.62 bits per heavy atom. The maximum atomic E-state index is 12.4. The van der Waals surface area contributed by atoms with Crippen LogP contribution in [0.2, 0.25) is 0 Å². The Kier molecular flexibility index (Phi) is 5.91. The van der Waals surface area contributed by atoms with Gasteiger partial charge in [0.05, 0.1) is 12.1 Å². The lowest BCUT2D eigenvalue weighted by atomic mass is 9.87. The molecule has 2 N–H and O–H groups in total. The molecule has 0 bridgehead atoms. The van der Waals surface area contributed by atoms with E-state index in [-0.39, 0.29) is 23.9 Å². The number of carbonyl (C=O) groups is 3. The molecule has 1 fully saturated rings. The zero-order valence-electron chi connectivity index (χ0n) is 15.0. The first kappa shape index (κ1) is 18.4. The average Bonchev–Trinajstić information content (AvgIpc) is 2.66. The smallest absolute Gasteiger partial charge is 0.335 e. The first-order chi connectivity index (χ1) is 12.5. The second kappa shape index (κ2) is 8.34. The summed E-state index contributed by atoms with van der Waals surface area (Å²) < 4.78 is 0. The van der Waals surface area contributed by atoms with Gasteiger partial charge in [-0.05, 0) is 48.4 Å².